The highest BCUT2D eigenvalue weighted by molar-refractivity contribution is 5.28. The summed E-state index contributed by atoms with van der Waals surface area (Å²) in [6.07, 6.45) is 2.48. The van der Waals surface area contributed by atoms with Gasteiger partial charge in [-0.05, 0) is 43.4 Å². The van der Waals surface area contributed by atoms with Gasteiger partial charge >= 0.3 is 0 Å². The second kappa shape index (κ2) is 6.76. The van der Waals surface area contributed by atoms with E-state index in [0.29, 0.717) is 12.0 Å². The smallest absolute Gasteiger partial charge is 0.118 e. The average molecular weight is 249 g/mol. The number of hydrogen-bond acceptors (Lipinski definition) is 3. The highest BCUT2D eigenvalue weighted by Gasteiger charge is 2.15. The normalized spacial score (nSPS) is 21.6. The van der Waals surface area contributed by atoms with E-state index in [-0.39, 0.29) is 0 Å². The molecule has 1 aliphatic heterocycles. The van der Waals surface area contributed by atoms with Gasteiger partial charge in [-0.15, -0.1) is 0 Å². The standard InChI is InChI=1S/C15H23NO2/c1-12(14-5-7-15(17-2)8-6-14)16-10-13-4-3-9-18-11-13/h5-8,12-13,16H,3-4,9-11H2,1-2H3/t12-,13?/m1/s1. The van der Waals surface area contributed by atoms with Crippen molar-refractivity contribution in [2.45, 2.75) is 25.8 Å². The largest absolute Gasteiger partial charge is 0.497 e. The van der Waals surface area contributed by atoms with Crippen molar-refractivity contribution in [2.75, 3.05) is 26.9 Å². The fourth-order valence-electron chi connectivity index (χ4n) is 2.32. The van der Waals surface area contributed by atoms with Crippen LogP contribution in [0, 0.1) is 5.92 Å². The number of nitrogens with one attached hydrogen (secondary N) is 1. The van der Waals surface area contributed by atoms with Crippen molar-refractivity contribution >= 4 is 0 Å². The summed E-state index contributed by atoms with van der Waals surface area (Å²) < 4.78 is 10.7. The lowest BCUT2D eigenvalue weighted by atomic mass is 10.0. The van der Waals surface area contributed by atoms with Crippen molar-refractivity contribution in [3.8, 4) is 5.75 Å². The SMILES string of the molecule is COc1ccc([C@@H](C)NCC2CCCOC2)cc1. The Labute approximate surface area is 109 Å². The van der Waals surface area contributed by atoms with Crippen molar-refractivity contribution in [1.82, 2.24) is 5.32 Å². The van der Waals surface area contributed by atoms with Crippen LogP contribution in [-0.4, -0.2) is 26.9 Å². The van der Waals surface area contributed by atoms with Gasteiger partial charge in [-0.25, -0.2) is 0 Å². The zero-order valence-corrected chi connectivity index (χ0v) is 11.3. The molecule has 0 aromatic heterocycles. The second-order valence-corrected chi connectivity index (χ2v) is 4.99. The van der Waals surface area contributed by atoms with Gasteiger partial charge in [0.2, 0.25) is 0 Å². The van der Waals surface area contributed by atoms with Gasteiger partial charge in [-0.3, -0.25) is 0 Å². The number of hydrogen-bond donors (Lipinski definition) is 1. The molecule has 0 amide bonds. The van der Waals surface area contributed by atoms with Crippen LogP contribution in [-0.2, 0) is 4.74 Å². The van der Waals surface area contributed by atoms with Crippen LogP contribution in [0.2, 0.25) is 0 Å². The molecule has 1 saturated heterocycles. The molecule has 3 nitrogen and oxygen atoms in total. The van der Waals surface area contributed by atoms with E-state index in [9.17, 15) is 0 Å². The topological polar surface area (TPSA) is 30.5 Å². The number of ether oxygens (including phenoxy) is 2. The molecular formula is C15H23NO2. The Bertz CT molecular complexity index is 344. The first-order chi connectivity index (χ1) is 8.79. The maximum absolute atomic E-state index is 5.49. The number of benzene rings is 1. The van der Waals surface area contributed by atoms with E-state index in [4.69, 9.17) is 9.47 Å². The minimum atomic E-state index is 0.373. The zero-order chi connectivity index (χ0) is 12.8. The van der Waals surface area contributed by atoms with Crippen molar-refractivity contribution in [1.29, 1.82) is 0 Å². The van der Waals surface area contributed by atoms with Crippen molar-refractivity contribution in [2.24, 2.45) is 5.92 Å². The molecule has 0 spiro atoms. The minimum absolute atomic E-state index is 0.373. The van der Waals surface area contributed by atoms with E-state index < -0.39 is 0 Å². The van der Waals surface area contributed by atoms with Crippen LogP contribution in [0.3, 0.4) is 0 Å². The molecule has 1 N–H and O–H groups in total. The molecule has 1 aromatic rings. The molecule has 1 fully saturated rings. The monoisotopic (exact) mass is 249 g/mol. The van der Waals surface area contributed by atoms with E-state index in [1.807, 2.05) is 12.1 Å². The first-order valence-corrected chi connectivity index (χ1v) is 6.74. The lowest BCUT2D eigenvalue weighted by molar-refractivity contribution is 0.0540. The summed E-state index contributed by atoms with van der Waals surface area (Å²) in [4.78, 5) is 0. The Hall–Kier alpha value is -1.06. The van der Waals surface area contributed by atoms with Gasteiger partial charge in [0.05, 0.1) is 13.7 Å². The Balaban J connectivity index is 1.80. The first kappa shape index (κ1) is 13.4. The third-order valence-corrected chi connectivity index (χ3v) is 3.58. The van der Waals surface area contributed by atoms with Gasteiger partial charge in [-0.2, -0.15) is 0 Å². The quantitative estimate of drug-likeness (QED) is 0.870. The number of methoxy groups -OCH3 is 1. The van der Waals surface area contributed by atoms with E-state index >= 15 is 0 Å². The Morgan fingerprint density at radius 3 is 2.78 bits per heavy atom. The van der Waals surface area contributed by atoms with Crippen LogP contribution < -0.4 is 10.1 Å². The lowest BCUT2D eigenvalue weighted by Gasteiger charge is -2.24. The van der Waals surface area contributed by atoms with Gasteiger partial charge in [0.15, 0.2) is 0 Å². The zero-order valence-electron chi connectivity index (χ0n) is 11.3. The van der Waals surface area contributed by atoms with Crippen molar-refractivity contribution in [3.63, 3.8) is 0 Å². The molecule has 1 aliphatic rings. The summed E-state index contributed by atoms with van der Waals surface area (Å²) in [7, 11) is 1.69. The molecule has 18 heavy (non-hydrogen) atoms. The van der Waals surface area contributed by atoms with Gasteiger partial charge < -0.3 is 14.8 Å². The Morgan fingerprint density at radius 1 is 1.39 bits per heavy atom. The summed E-state index contributed by atoms with van der Waals surface area (Å²) in [5, 5.41) is 3.59. The maximum Gasteiger partial charge on any atom is 0.118 e. The summed E-state index contributed by atoms with van der Waals surface area (Å²) in [6, 6.07) is 8.63. The summed E-state index contributed by atoms with van der Waals surface area (Å²) >= 11 is 0. The van der Waals surface area contributed by atoms with Crippen molar-refractivity contribution in [3.05, 3.63) is 29.8 Å². The lowest BCUT2D eigenvalue weighted by Crippen LogP contribution is -2.30. The predicted molar refractivity (Wildman–Crippen MR) is 73.0 cm³/mol. The molecular weight excluding hydrogens is 226 g/mol. The molecule has 2 atom stereocenters. The highest BCUT2D eigenvalue weighted by Crippen LogP contribution is 2.18. The van der Waals surface area contributed by atoms with Crippen LogP contribution in [0.5, 0.6) is 5.75 Å². The second-order valence-electron chi connectivity index (χ2n) is 4.99. The van der Waals surface area contributed by atoms with Crippen molar-refractivity contribution < 1.29 is 9.47 Å². The molecule has 1 unspecified atom stereocenters. The third kappa shape index (κ3) is 3.72. The fraction of sp³-hybridized carbons (Fsp3) is 0.600. The third-order valence-electron chi connectivity index (χ3n) is 3.58. The van der Waals surface area contributed by atoms with E-state index in [1.165, 1.54) is 18.4 Å². The van der Waals surface area contributed by atoms with E-state index in [2.05, 4.69) is 24.4 Å². The summed E-state index contributed by atoms with van der Waals surface area (Å²) in [5.74, 6) is 1.58. The first-order valence-electron chi connectivity index (χ1n) is 6.74. The minimum Gasteiger partial charge on any atom is -0.497 e. The van der Waals surface area contributed by atoms with E-state index in [1.54, 1.807) is 7.11 Å². The van der Waals surface area contributed by atoms with Crippen LogP contribution in [0.4, 0.5) is 0 Å². The molecule has 2 rings (SSSR count). The molecule has 1 aromatic carbocycles. The van der Waals surface area contributed by atoms with Gasteiger partial charge in [-0.1, -0.05) is 12.1 Å². The number of rotatable bonds is 5. The molecule has 1 heterocycles. The predicted octanol–water partition coefficient (Wildman–Crippen LogP) is 2.77. The van der Waals surface area contributed by atoms with Crippen LogP contribution in [0.25, 0.3) is 0 Å². The van der Waals surface area contributed by atoms with E-state index in [0.717, 1.165) is 25.5 Å². The Morgan fingerprint density at radius 2 is 2.17 bits per heavy atom. The molecule has 3 heteroatoms. The van der Waals surface area contributed by atoms with Gasteiger partial charge in [0.1, 0.15) is 5.75 Å². The van der Waals surface area contributed by atoms with Gasteiger partial charge in [0, 0.05) is 19.2 Å². The van der Waals surface area contributed by atoms with Crippen LogP contribution >= 0.6 is 0 Å². The van der Waals surface area contributed by atoms with Crippen LogP contribution in [0.1, 0.15) is 31.4 Å². The van der Waals surface area contributed by atoms with Crippen LogP contribution in [0.15, 0.2) is 24.3 Å². The molecule has 100 valence electrons. The molecule has 0 aliphatic carbocycles. The molecule has 0 saturated carbocycles. The average Bonchev–Trinajstić information content (AvgIpc) is 2.46. The fourth-order valence-corrected chi connectivity index (χ4v) is 2.32. The van der Waals surface area contributed by atoms with Gasteiger partial charge in [0.25, 0.3) is 0 Å². The molecule has 0 radical (unpaired) electrons. The molecule has 0 bridgehead atoms. The highest BCUT2D eigenvalue weighted by atomic mass is 16.5. The maximum atomic E-state index is 5.49. The summed E-state index contributed by atoms with van der Waals surface area (Å²) in [5.41, 5.74) is 1.30. The summed E-state index contributed by atoms with van der Waals surface area (Å²) in [6.45, 7) is 5.07. The Kier molecular flexibility index (Phi) is 5.02.